The highest BCUT2D eigenvalue weighted by molar-refractivity contribution is 6.14. The van der Waals surface area contributed by atoms with Crippen LogP contribution in [-0.4, -0.2) is 0 Å². The van der Waals surface area contributed by atoms with Crippen LogP contribution in [0.25, 0.3) is 55.3 Å². The normalized spacial score (nSPS) is 13.1. The molecular formula is C45H33NO. The Bertz CT molecular complexity index is 2420. The molecule has 0 saturated heterocycles. The highest BCUT2D eigenvalue weighted by Crippen LogP contribution is 2.51. The Morgan fingerprint density at radius 1 is 0.447 bits per heavy atom. The quantitative estimate of drug-likeness (QED) is 0.195. The molecule has 0 spiro atoms. The first-order valence-electron chi connectivity index (χ1n) is 16.3. The van der Waals surface area contributed by atoms with Crippen LogP contribution < -0.4 is 4.90 Å². The summed E-state index contributed by atoms with van der Waals surface area (Å²) in [6.07, 6.45) is 0. The van der Waals surface area contributed by atoms with Gasteiger partial charge in [0.1, 0.15) is 11.2 Å². The largest absolute Gasteiger partial charge is 0.456 e. The van der Waals surface area contributed by atoms with E-state index in [4.69, 9.17) is 4.42 Å². The van der Waals surface area contributed by atoms with Crippen molar-refractivity contribution in [1.29, 1.82) is 0 Å². The predicted octanol–water partition coefficient (Wildman–Crippen LogP) is 12.7. The summed E-state index contributed by atoms with van der Waals surface area (Å²) >= 11 is 0. The van der Waals surface area contributed by atoms with E-state index in [1.165, 1.54) is 44.5 Å². The third kappa shape index (κ3) is 4.40. The zero-order valence-electron chi connectivity index (χ0n) is 26.4. The maximum Gasteiger partial charge on any atom is 0.137 e. The van der Waals surface area contributed by atoms with Crippen LogP contribution in [0.15, 0.2) is 168 Å². The molecule has 1 aliphatic carbocycles. The molecule has 0 unspecified atom stereocenters. The van der Waals surface area contributed by atoms with Crippen LogP contribution in [0.3, 0.4) is 0 Å². The van der Waals surface area contributed by atoms with Crippen molar-refractivity contribution in [3.63, 3.8) is 0 Å². The zero-order valence-corrected chi connectivity index (χ0v) is 26.4. The summed E-state index contributed by atoms with van der Waals surface area (Å²) in [7, 11) is 0. The highest BCUT2D eigenvalue weighted by atomic mass is 16.3. The molecule has 0 fully saturated rings. The van der Waals surface area contributed by atoms with Crippen molar-refractivity contribution in [1.82, 2.24) is 0 Å². The second-order valence-electron chi connectivity index (χ2n) is 13.0. The Hall–Kier alpha value is -5.86. The van der Waals surface area contributed by atoms with Crippen LogP contribution in [0.1, 0.15) is 25.0 Å². The van der Waals surface area contributed by atoms with E-state index >= 15 is 0 Å². The summed E-state index contributed by atoms with van der Waals surface area (Å²) in [4.78, 5) is 2.40. The first-order valence-corrected chi connectivity index (χ1v) is 16.3. The van der Waals surface area contributed by atoms with Gasteiger partial charge in [-0.2, -0.15) is 0 Å². The smallest absolute Gasteiger partial charge is 0.137 e. The van der Waals surface area contributed by atoms with Gasteiger partial charge in [-0.1, -0.05) is 129 Å². The third-order valence-electron chi connectivity index (χ3n) is 9.88. The Kier molecular flexibility index (Phi) is 6.20. The fourth-order valence-corrected chi connectivity index (χ4v) is 7.51. The Morgan fingerprint density at radius 2 is 1.06 bits per heavy atom. The van der Waals surface area contributed by atoms with Crippen LogP contribution in [0, 0.1) is 0 Å². The van der Waals surface area contributed by atoms with E-state index in [2.05, 4.69) is 183 Å². The van der Waals surface area contributed by atoms with Crippen molar-refractivity contribution in [2.24, 2.45) is 0 Å². The van der Waals surface area contributed by atoms with Crippen LogP contribution in [0.4, 0.5) is 17.1 Å². The molecule has 2 heteroatoms. The van der Waals surface area contributed by atoms with Crippen molar-refractivity contribution < 1.29 is 4.42 Å². The van der Waals surface area contributed by atoms with Crippen LogP contribution in [0.5, 0.6) is 0 Å². The molecule has 8 aromatic rings. The lowest BCUT2D eigenvalue weighted by Gasteiger charge is -2.28. The number of hydrogen-bond donors (Lipinski definition) is 0. The molecule has 1 aromatic heterocycles. The molecule has 0 atom stereocenters. The number of rotatable bonds is 5. The molecule has 0 N–H and O–H groups in total. The van der Waals surface area contributed by atoms with Gasteiger partial charge in [0.25, 0.3) is 0 Å². The SMILES string of the molecule is CC1(C)c2ccccc2-c2cc(N(c3ccc(-c4ccccc4)cc3)c3cccc4oc5ccc(-c6ccccc6)cc5c34)ccc21. The van der Waals surface area contributed by atoms with Gasteiger partial charge in [-0.25, -0.2) is 0 Å². The minimum atomic E-state index is -0.0543. The van der Waals surface area contributed by atoms with E-state index in [1.54, 1.807) is 0 Å². The molecule has 224 valence electrons. The Labute approximate surface area is 275 Å². The van der Waals surface area contributed by atoms with Crippen molar-refractivity contribution in [3.05, 3.63) is 175 Å². The van der Waals surface area contributed by atoms with Gasteiger partial charge in [0.2, 0.25) is 0 Å². The molecule has 0 radical (unpaired) electrons. The summed E-state index contributed by atoms with van der Waals surface area (Å²) in [5, 5.41) is 2.21. The lowest BCUT2D eigenvalue weighted by Crippen LogP contribution is -2.15. The van der Waals surface area contributed by atoms with Crippen molar-refractivity contribution >= 4 is 39.0 Å². The molecular weight excluding hydrogens is 571 g/mol. The molecule has 0 amide bonds. The fourth-order valence-electron chi connectivity index (χ4n) is 7.51. The number of fused-ring (bicyclic) bond motifs is 6. The van der Waals surface area contributed by atoms with Gasteiger partial charge in [-0.05, 0) is 93.0 Å². The van der Waals surface area contributed by atoms with Crippen molar-refractivity contribution in [2.75, 3.05) is 4.90 Å². The zero-order chi connectivity index (χ0) is 31.5. The molecule has 0 aliphatic heterocycles. The van der Waals surface area contributed by atoms with Crippen molar-refractivity contribution in [2.45, 2.75) is 19.3 Å². The Morgan fingerprint density at radius 3 is 1.83 bits per heavy atom. The Balaban J connectivity index is 1.28. The van der Waals surface area contributed by atoms with Gasteiger partial charge < -0.3 is 9.32 Å². The summed E-state index contributed by atoms with van der Waals surface area (Å²) in [5.41, 5.74) is 15.1. The standard InChI is InChI=1S/C45H33NO/c1-45(2)39-17-10-9-16-36(39)37-29-35(25-26-40(37)45)46(34-23-20-32(21-24-34)30-12-5-3-6-13-30)41-18-11-19-43-44(41)38-28-33(22-27-42(38)47-43)31-14-7-4-8-15-31/h3-29H,1-2H3. The van der Waals surface area contributed by atoms with Gasteiger partial charge >= 0.3 is 0 Å². The van der Waals surface area contributed by atoms with Gasteiger partial charge in [-0.15, -0.1) is 0 Å². The number of hydrogen-bond acceptors (Lipinski definition) is 2. The predicted molar refractivity (Wildman–Crippen MR) is 197 cm³/mol. The first kappa shape index (κ1) is 27.5. The van der Waals surface area contributed by atoms with E-state index < -0.39 is 0 Å². The number of furan rings is 1. The average molecular weight is 604 g/mol. The van der Waals surface area contributed by atoms with Crippen LogP contribution >= 0.6 is 0 Å². The summed E-state index contributed by atoms with van der Waals surface area (Å²) in [6.45, 7) is 4.67. The number of anilines is 3. The van der Waals surface area contributed by atoms with Gasteiger partial charge in [0.05, 0.1) is 11.1 Å². The maximum absolute atomic E-state index is 6.50. The molecule has 0 saturated carbocycles. The van der Waals surface area contributed by atoms with E-state index in [1.807, 2.05) is 0 Å². The highest BCUT2D eigenvalue weighted by Gasteiger charge is 2.35. The lowest BCUT2D eigenvalue weighted by molar-refractivity contribution is 0.660. The van der Waals surface area contributed by atoms with Crippen LogP contribution in [0.2, 0.25) is 0 Å². The van der Waals surface area contributed by atoms with Gasteiger partial charge in [-0.3, -0.25) is 0 Å². The van der Waals surface area contributed by atoms with Crippen LogP contribution in [-0.2, 0) is 5.41 Å². The molecule has 0 bridgehead atoms. The topological polar surface area (TPSA) is 16.4 Å². The minimum absolute atomic E-state index is 0.0543. The molecule has 2 nitrogen and oxygen atoms in total. The summed E-state index contributed by atoms with van der Waals surface area (Å²) in [5.74, 6) is 0. The van der Waals surface area contributed by atoms with E-state index in [-0.39, 0.29) is 5.41 Å². The monoisotopic (exact) mass is 603 g/mol. The second kappa shape index (κ2) is 10.6. The molecule has 1 heterocycles. The second-order valence-corrected chi connectivity index (χ2v) is 13.0. The summed E-state index contributed by atoms with van der Waals surface area (Å²) in [6, 6.07) is 58.9. The lowest BCUT2D eigenvalue weighted by atomic mass is 9.82. The van der Waals surface area contributed by atoms with E-state index in [0.717, 1.165) is 39.0 Å². The number of benzene rings is 7. The number of nitrogens with zero attached hydrogens (tertiary/aromatic N) is 1. The molecule has 9 rings (SSSR count). The van der Waals surface area contributed by atoms with Gasteiger partial charge in [0, 0.05) is 22.2 Å². The van der Waals surface area contributed by atoms with E-state index in [9.17, 15) is 0 Å². The molecule has 47 heavy (non-hydrogen) atoms. The van der Waals surface area contributed by atoms with E-state index in [0.29, 0.717) is 0 Å². The maximum atomic E-state index is 6.50. The third-order valence-corrected chi connectivity index (χ3v) is 9.88. The average Bonchev–Trinajstić information content (AvgIpc) is 3.61. The summed E-state index contributed by atoms with van der Waals surface area (Å²) < 4.78 is 6.50. The van der Waals surface area contributed by atoms with Crippen molar-refractivity contribution in [3.8, 4) is 33.4 Å². The first-order chi connectivity index (χ1) is 23.1. The fraction of sp³-hybridized carbons (Fsp3) is 0.0667. The molecule has 1 aliphatic rings. The molecule has 7 aromatic carbocycles. The minimum Gasteiger partial charge on any atom is -0.456 e. The van der Waals surface area contributed by atoms with Gasteiger partial charge in [0.15, 0.2) is 0 Å².